The minimum atomic E-state index is -0.393. The van der Waals surface area contributed by atoms with Gasteiger partial charge in [0.25, 0.3) is 0 Å². The van der Waals surface area contributed by atoms with Crippen molar-refractivity contribution in [3.05, 3.63) is 47.5 Å². The van der Waals surface area contributed by atoms with Crippen LogP contribution in [0.25, 0.3) is 5.69 Å². The molecular formula is C16H15NO4. The number of carbonyl (C=O) groups excluding carboxylic acids is 1. The number of hydrogen-bond donors (Lipinski definition) is 2. The van der Waals surface area contributed by atoms with E-state index in [2.05, 4.69) is 0 Å². The summed E-state index contributed by atoms with van der Waals surface area (Å²) in [4.78, 5) is 10.9. The van der Waals surface area contributed by atoms with Crippen molar-refractivity contribution >= 4 is 5.97 Å². The molecule has 0 saturated carbocycles. The van der Waals surface area contributed by atoms with Crippen LogP contribution in [0.4, 0.5) is 0 Å². The molecular weight excluding hydrogens is 270 g/mol. The van der Waals surface area contributed by atoms with Gasteiger partial charge in [-0.25, -0.2) is 0 Å². The highest BCUT2D eigenvalue weighted by Gasteiger charge is 2.23. The quantitative estimate of drug-likeness (QED) is 0.505. The van der Waals surface area contributed by atoms with Crippen molar-refractivity contribution in [1.82, 2.24) is 4.57 Å². The van der Waals surface area contributed by atoms with E-state index < -0.39 is 5.97 Å². The average molecular weight is 285 g/mol. The van der Waals surface area contributed by atoms with Gasteiger partial charge in [-0.1, -0.05) is 12.2 Å². The van der Waals surface area contributed by atoms with Crippen molar-refractivity contribution in [2.24, 2.45) is 0 Å². The molecule has 0 radical (unpaired) electrons. The Labute approximate surface area is 121 Å². The molecule has 2 N–H and O–H groups in total. The summed E-state index contributed by atoms with van der Waals surface area (Å²) in [6.07, 6.45) is 5.14. The highest BCUT2D eigenvalue weighted by atomic mass is 16.5. The lowest BCUT2D eigenvalue weighted by molar-refractivity contribution is -0.131. The number of nitrogens with zero attached hydrogens (tertiary/aromatic N) is 1. The molecule has 1 heterocycles. The molecule has 21 heavy (non-hydrogen) atoms. The Morgan fingerprint density at radius 2 is 1.57 bits per heavy atom. The zero-order valence-electron chi connectivity index (χ0n) is 11.5. The first-order valence-corrected chi connectivity index (χ1v) is 6.66. The molecule has 0 saturated heterocycles. The number of benzene rings is 1. The predicted molar refractivity (Wildman–Crippen MR) is 77.0 cm³/mol. The second-order valence-corrected chi connectivity index (χ2v) is 4.91. The molecule has 0 atom stereocenters. The first kappa shape index (κ1) is 13.3. The smallest absolute Gasteiger partial charge is 0.308 e. The molecule has 0 amide bonds. The fourth-order valence-electron chi connectivity index (χ4n) is 2.55. The predicted octanol–water partition coefficient (Wildman–Crippen LogP) is 2.47. The van der Waals surface area contributed by atoms with E-state index in [0.29, 0.717) is 24.3 Å². The van der Waals surface area contributed by atoms with Crippen LogP contribution in [-0.4, -0.2) is 20.7 Å². The van der Waals surface area contributed by atoms with Crippen molar-refractivity contribution in [3.8, 4) is 23.2 Å². The molecule has 0 aliphatic heterocycles. The van der Waals surface area contributed by atoms with Gasteiger partial charge in [0.05, 0.1) is 5.69 Å². The first-order chi connectivity index (χ1) is 10.1. The molecule has 0 unspecified atom stereocenters. The van der Waals surface area contributed by atoms with Crippen molar-refractivity contribution in [3.63, 3.8) is 0 Å². The zero-order chi connectivity index (χ0) is 15.0. The van der Waals surface area contributed by atoms with Gasteiger partial charge in [0.15, 0.2) is 0 Å². The van der Waals surface area contributed by atoms with Crippen LogP contribution >= 0.6 is 0 Å². The van der Waals surface area contributed by atoms with E-state index >= 15 is 0 Å². The van der Waals surface area contributed by atoms with Gasteiger partial charge in [-0.2, -0.15) is 0 Å². The molecule has 1 aliphatic carbocycles. The van der Waals surface area contributed by atoms with Crippen molar-refractivity contribution in [2.45, 2.75) is 19.8 Å². The normalized spacial score (nSPS) is 13.0. The number of esters is 1. The SMILES string of the molecule is CC(=O)Oc1ccc(-n2c(O)c3c(c2O)CC=CC3)cc1. The Morgan fingerprint density at radius 1 is 1.05 bits per heavy atom. The standard InChI is InChI=1S/C16H15NO4/c1-10(18)21-12-8-6-11(7-9-12)17-15(19)13-4-2-3-5-14(13)16(17)20/h2-3,6-9,19-20H,4-5H2,1H3. The molecule has 3 rings (SSSR count). The van der Waals surface area contributed by atoms with Crippen molar-refractivity contribution in [2.75, 3.05) is 0 Å². The van der Waals surface area contributed by atoms with Crippen LogP contribution in [0.1, 0.15) is 18.1 Å². The maximum atomic E-state index is 10.9. The van der Waals surface area contributed by atoms with E-state index in [0.717, 1.165) is 11.1 Å². The van der Waals surface area contributed by atoms with E-state index in [-0.39, 0.29) is 11.8 Å². The molecule has 2 aromatic rings. The molecule has 0 fully saturated rings. The fourth-order valence-corrected chi connectivity index (χ4v) is 2.55. The Kier molecular flexibility index (Phi) is 3.17. The molecule has 0 spiro atoms. The van der Waals surface area contributed by atoms with Crippen LogP contribution in [0.5, 0.6) is 17.5 Å². The van der Waals surface area contributed by atoms with E-state index in [1.807, 2.05) is 12.2 Å². The van der Waals surface area contributed by atoms with E-state index in [1.165, 1.54) is 11.5 Å². The number of aromatic hydroxyl groups is 2. The Hall–Kier alpha value is -2.69. The van der Waals surface area contributed by atoms with Crippen LogP contribution in [0.15, 0.2) is 36.4 Å². The minimum Gasteiger partial charge on any atom is -0.494 e. The topological polar surface area (TPSA) is 71.7 Å². The summed E-state index contributed by atoms with van der Waals surface area (Å²) < 4.78 is 6.36. The van der Waals surface area contributed by atoms with Gasteiger partial charge in [0.2, 0.25) is 11.8 Å². The maximum Gasteiger partial charge on any atom is 0.308 e. The summed E-state index contributed by atoms with van der Waals surface area (Å²) in [5.74, 6) is 0.124. The number of hydrogen-bond acceptors (Lipinski definition) is 4. The lowest BCUT2D eigenvalue weighted by atomic mass is 10.0. The van der Waals surface area contributed by atoms with Crippen LogP contribution in [-0.2, 0) is 17.6 Å². The van der Waals surface area contributed by atoms with Gasteiger partial charge in [-0.05, 0) is 37.1 Å². The van der Waals surface area contributed by atoms with Crippen LogP contribution < -0.4 is 4.74 Å². The molecule has 0 bridgehead atoms. The van der Waals surface area contributed by atoms with Gasteiger partial charge in [0, 0.05) is 18.1 Å². The fraction of sp³-hybridized carbons (Fsp3) is 0.188. The summed E-state index contributed by atoms with van der Waals surface area (Å²) in [6.45, 7) is 1.33. The van der Waals surface area contributed by atoms with Gasteiger partial charge in [-0.3, -0.25) is 9.36 Å². The second kappa shape index (κ2) is 5.01. The van der Waals surface area contributed by atoms with Crippen molar-refractivity contribution in [1.29, 1.82) is 0 Å². The van der Waals surface area contributed by atoms with Gasteiger partial charge < -0.3 is 14.9 Å². The molecule has 108 valence electrons. The summed E-state index contributed by atoms with van der Waals surface area (Å²) >= 11 is 0. The van der Waals surface area contributed by atoms with Crippen LogP contribution in [0.3, 0.4) is 0 Å². The number of aromatic nitrogens is 1. The molecule has 1 aromatic carbocycles. The van der Waals surface area contributed by atoms with Crippen molar-refractivity contribution < 1.29 is 19.7 Å². The summed E-state index contributed by atoms with van der Waals surface area (Å²) in [5.41, 5.74) is 2.11. The lowest BCUT2D eigenvalue weighted by Crippen LogP contribution is -2.01. The van der Waals surface area contributed by atoms with Gasteiger partial charge in [-0.15, -0.1) is 0 Å². The van der Waals surface area contributed by atoms with Crippen LogP contribution in [0, 0.1) is 0 Å². The van der Waals surface area contributed by atoms with E-state index in [4.69, 9.17) is 4.74 Å². The zero-order valence-corrected chi connectivity index (χ0v) is 11.5. The number of rotatable bonds is 2. The third-order valence-corrected chi connectivity index (χ3v) is 3.49. The molecule has 1 aliphatic rings. The Bertz CT molecular complexity index is 694. The summed E-state index contributed by atoms with van der Waals surface area (Å²) in [6, 6.07) is 6.59. The third kappa shape index (κ3) is 2.27. The number of allylic oxidation sites excluding steroid dienone is 2. The van der Waals surface area contributed by atoms with Gasteiger partial charge >= 0.3 is 5.97 Å². The average Bonchev–Trinajstić information content (AvgIpc) is 2.72. The van der Waals surface area contributed by atoms with E-state index in [9.17, 15) is 15.0 Å². The largest absolute Gasteiger partial charge is 0.494 e. The number of fused-ring (bicyclic) bond motifs is 1. The molecule has 5 nitrogen and oxygen atoms in total. The number of carbonyl (C=O) groups is 1. The lowest BCUT2D eigenvalue weighted by Gasteiger charge is -2.08. The monoisotopic (exact) mass is 285 g/mol. The number of ether oxygens (including phenoxy) is 1. The maximum absolute atomic E-state index is 10.9. The van der Waals surface area contributed by atoms with E-state index in [1.54, 1.807) is 24.3 Å². The van der Waals surface area contributed by atoms with Gasteiger partial charge in [0.1, 0.15) is 5.75 Å². The Balaban J connectivity index is 2.01. The summed E-state index contributed by atoms with van der Waals surface area (Å²) in [7, 11) is 0. The third-order valence-electron chi connectivity index (χ3n) is 3.49. The van der Waals surface area contributed by atoms with Crippen LogP contribution in [0.2, 0.25) is 0 Å². The highest BCUT2D eigenvalue weighted by molar-refractivity contribution is 5.69. The highest BCUT2D eigenvalue weighted by Crippen LogP contribution is 2.39. The first-order valence-electron chi connectivity index (χ1n) is 6.66. The Morgan fingerprint density at radius 3 is 2.05 bits per heavy atom. The second-order valence-electron chi connectivity index (χ2n) is 4.91. The summed E-state index contributed by atoms with van der Waals surface area (Å²) in [5, 5.41) is 20.6. The minimum absolute atomic E-state index is 0.0482. The molecule has 1 aromatic heterocycles. The molecule has 5 heteroatoms.